The Bertz CT molecular complexity index is 492. The lowest BCUT2D eigenvalue weighted by molar-refractivity contribution is 0.0528. The van der Waals surface area contributed by atoms with Crippen molar-refractivity contribution in [2.45, 2.75) is 52.7 Å². The number of aryl methyl sites for hydroxylation is 2. The Hall–Kier alpha value is -1.55. The Morgan fingerprint density at radius 2 is 2.00 bits per heavy atom. The summed E-state index contributed by atoms with van der Waals surface area (Å²) in [6.45, 7) is 9.85. The molecule has 4 heteroatoms. The van der Waals surface area contributed by atoms with Gasteiger partial charge >= 0.3 is 6.03 Å². The van der Waals surface area contributed by atoms with E-state index in [-0.39, 0.29) is 12.1 Å². The van der Waals surface area contributed by atoms with Gasteiger partial charge in [-0.05, 0) is 52.2 Å². The van der Waals surface area contributed by atoms with Gasteiger partial charge in [0, 0.05) is 13.1 Å². The highest BCUT2D eigenvalue weighted by Gasteiger charge is 2.20. The van der Waals surface area contributed by atoms with Gasteiger partial charge in [-0.1, -0.05) is 23.8 Å². The van der Waals surface area contributed by atoms with Gasteiger partial charge in [-0.2, -0.15) is 0 Å². The summed E-state index contributed by atoms with van der Waals surface area (Å²) in [5, 5.41) is 12.7. The number of carbonyl (C=O) groups is 1. The second-order valence-electron chi connectivity index (χ2n) is 6.65. The van der Waals surface area contributed by atoms with Crippen LogP contribution in [0.15, 0.2) is 18.2 Å². The number of carbonyl (C=O) groups excluding carboxylic acids is 1. The zero-order valence-electron chi connectivity index (χ0n) is 14.0. The Morgan fingerprint density at radius 3 is 2.52 bits per heavy atom. The van der Waals surface area contributed by atoms with Crippen molar-refractivity contribution in [2.75, 3.05) is 13.6 Å². The monoisotopic (exact) mass is 292 g/mol. The van der Waals surface area contributed by atoms with Crippen molar-refractivity contribution in [3.8, 4) is 0 Å². The third kappa shape index (κ3) is 6.17. The van der Waals surface area contributed by atoms with Crippen LogP contribution in [-0.4, -0.2) is 41.3 Å². The average molecular weight is 292 g/mol. The molecule has 0 aliphatic carbocycles. The third-order valence-corrected chi connectivity index (χ3v) is 3.36. The highest BCUT2D eigenvalue weighted by atomic mass is 16.3. The topological polar surface area (TPSA) is 52.6 Å². The van der Waals surface area contributed by atoms with Crippen LogP contribution in [0.2, 0.25) is 0 Å². The number of urea groups is 1. The molecular formula is C17H28N2O2. The van der Waals surface area contributed by atoms with Crippen LogP contribution in [0.1, 0.15) is 37.5 Å². The summed E-state index contributed by atoms with van der Waals surface area (Å²) < 4.78 is 0. The van der Waals surface area contributed by atoms with E-state index in [0.717, 1.165) is 6.42 Å². The fourth-order valence-corrected chi connectivity index (χ4v) is 2.43. The fourth-order valence-electron chi connectivity index (χ4n) is 2.43. The number of aliphatic hydroxyl groups is 1. The maximum Gasteiger partial charge on any atom is 0.317 e. The molecule has 0 spiro atoms. The van der Waals surface area contributed by atoms with Gasteiger partial charge in [-0.25, -0.2) is 4.79 Å². The van der Waals surface area contributed by atoms with Gasteiger partial charge in [0.05, 0.1) is 12.1 Å². The van der Waals surface area contributed by atoms with Crippen LogP contribution in [0.3, 0.4) is 0 Å². The van der Waals surface area contributed by atoms with Gasteiger partial charge in [0.1, 0.15) is 0 Å². The summed E-state index contributed by atoms with van der Waals surface area (Å²) in [7, 11) is 1.69. The number of hydrogen-bond acceptors (Lipinski definition) is 2. The van der Waals surface area contributed by atoms with E-state index in [1.807, 2.05) is 6.92 Å². The molecule has 0 saturated heterocycles. The number of nitrogens with zero attached hydrogens (tertiary/aromatic N) is 1. The third-order valence-electron chi connectivity index (χ3n) is 3.36. The number of hydrogen-bond donors (Lipinski definition) is 2. The molecule has 0 aromatic heterocycles. The van der Waals surface area contributed by atoms with Crippen molar-refractivity contribution in [1.82, 2.24) is 10.2 Å². The second-order valence-corrected chi connectivity index (χ2v) is 6.65. The lowest BCUT2D eigenvalue weighted by Gasteiger charge is -2.27. The van der Waals surface area contributed by atoms with E-state index in [0.29, 0.717) is 6.54 Å². The quantitative estimate of drug-likeness (QED) is 0.876. The van der Waals surface area contributed by atoms with Gasteiger partial charge in [-0.15, -0.1) is 0 Å². The second kappa shape index (κ2) is 6.94. The first-order valence-electron chi connectivity index (χ1n) is 7.38. The van der Waals surface area contributed by atoms with Gasteiger partial charge in [0.15, 0.2) is 0 Å². The van der Waals surface area contributed by atoms with E-state index in [1.54, 1.807) is 20.9 Å². The summed E-state index contributed by atoms with van der Waals surface area (Å²) >= 11 is 0. The SMILES string of the molecule is Cc1ccc(CC(C)NC(=O)N(C)CC(C)(C)O)c(C)c1. The van der Waals surface area contributed by atoms with Crippen molar-refractivity contribution < 1.29 is 9.90 Å². The Morgan fingerprint density at radius 1 is 1.38 bits per heavy atom. The van der Waals surface area contributed by atoms with Gasteiger partial charge < -0.3 is 15.3 Å². The summed E-state index contributed by atoms with van der Waals surface area (Å²) in [6.07, 6.45) is 0.800. The number of rotatable bonds is 5. The molecule has 0 heterocycles. The summed E-state index contributed by atoms with van der Waals surface area (Å²) in [5.74, 6) is 0. The minimum Gasteiger partial charge on any atom is -0.389 e. The van der Waals surface area contributed by atoms with E-state index in [4.69, 9.17) is 0 Å². The van der Waals surface area contributed by atoms with E-state index in [2.05, 4.69) is 37.4 Å². The molecule has 0 saturated carbocycles. The predicted molar refractivity (Wildman–Crippen MR) is 86.5 cm³/mol. The van der Waals surface area contributed by atoms with Crippen LogP contribution < -0.4 is 5.32 Å². The Balaban J connectivity index is 2.57. The Labute approximate surface area is 128 Å². The molecule has 0 aliphatic rings. The van der Waals surface area contributed by atoms with E-state index in [1.165, 1.54) is 21.6 Å². The molecule has 1 rings (SSSR count). The van der Waals surface area contributed by atoms with Crippen molar-refractivity contribution in [1.29, 1.82) is 0 Å². The largest absolute Gasteiger partial charge is 0.389 e. The fraction of sp³-hybridized carbons (Fsp3) is 0.588. The molecule has 0 fully saturated rings. The first-order valence-corrected chi connectivity index (χ1v) is 7.38. The molecule has 1 aromatic rings. The molecular weight excluding hydrogens is 264 g/mol. The highest BCUT2D eigenvalue weighted by molar-refractivity contribution is 5.74. The molecule has 4 nitrogen and oxygen atoms in total. The van der Waals surface area contributed by atoms with Crippen LogP contribution in [-0.2, 0) is 6.42 Å². The molecule has 1 unspecified atom stereocenters. The lowest BCUT2D eigenvalue weighted by Crippen LogP contribution is -2.47. The molecule has 0 radical (unpaired) electrons. The first-order chi connectivity index (χ1) is 9.58. The van der Waals surface area contributed by atoms with Crippen LogP contribution in [0.25, 0.3) is 0 Å². The summed E-state index contributed by atoms with van der Waals surface area (Å²) in [5.41, 5.74) is 2.86. The highest BCUT2D eigenvalue weighted by Crippen LogP contribution is 2.13. The molecule has 2 amide bonds. The first kappa shape index (κ1) is 17.5. The molecule has 0 bridgehead atoms. The minimum atomic E-state index is -0.886. The van der Waals surface area contributed by atoms with Crippen molar-refractivity contribution >= 4 is 6.03 Å². The number of amides is 2. The summed E-state index contributed by atoms with van der Waals surface area (Å²) in [6, 6.07) is 6.26. The molecule has 2 N–H and O–H groups in total. The minimum absolute atomic E-state index is 0.0446. The van der Waals surface area contributed by atoms with E-state index >= 15 is 0 Å². The average Bonchev–Trinajstić information content (AvgIpc) is 2.30. The van der Waals surface area contributed by atoms with Gasteiger partial charge in [0.2, 0.25) is 0 Å². The van der Waals surface area contributed by atoms with Gasteiger partial charge in [0.25, 0.3) is 0 Å². The van der Waals surface area contributed by atoms with E-state index in [9.17, 15) is 9.90 Å². The zero-order chi connectivity index (χ0) is 16.2. The van der Waals surface area contributed by atoms with Crippen molar-refractivity contribution in [2.24, 2.45) is 0 Å². The normalized spacial score (nSPS) is 12.9. The predicted octanol–water partition coefficient (Wildman–Crippen LogP) is 2.65. The Kier molecular flexibility index (Phi) is 5.78. The van der Waals surface area contributed by atoms with Crippen LogP contribution in [0, 0.1) is 13.8 Å². The van der Waals surface area contributed by atoms with Crippen molar-refractivity contribution in [3.63, 3.8) is 0 Å². The van der Waals surface area contributed by atoms with Gasteiger partial charge in [-0.3, -0.25) is 0 Å². The standard InChI is InChI=1S/C17H28N2O2/c1-12-7-8-15(13(2)9-12)10-14(3)18-16(20)19(6)11-17(4,5)21/h7-9,14,21H,10-11H2,1-6H3,(H,18,20). The molecule has 0 aliphatic heterocycles. The number of benzene rings is 1. The smallest absolute Gasteiger partial charge is 0.317 e. The van der Waals surface area contributed by atoms with Crippen LogP contribution >= 0.6 is 0 Å². The zero-order valence-corrected chi connectivity index (χ0v) is 14.0. The maximum atomic E-state index is 12.1. The number of nitrogens with one attached hydrogen (secondary N) is 1. The lowest BCUT2D eigenvalue weighted by atomic mass is 10.00. The van der Waals surface area contributed by atoms with Crippen LogP contribution in [0.5, 0.6) is 0 Å². The van der Waals surface area contributed by atoms with Crippen LogP contribution in [0.4, 0.5) is 4.79 Å². The maximum absolute atomic E-state index is 12.1. The summed E-state index contributed by atoms with van der Waals surface area (Å²) in [4.78, 5) is 13.6. The molecule has 21 heavy (non-hydrogen) atoms. The number of likely N-dealkylation sites (N-methyl/N-ethyl adjacent to an activating group) is 1. The van der Waals surface area contributed by atoms with Crippen molar-refractivity contribution in [3.05, 3.63) is 34.9 Å². The molecule has 1 aromatic carbocycles. The molecule has 1 atom stereocenters. The van der Waals surface area contributed by atoms with E-state index < -0.39 is 5.60 Å². The molecule has 118 valence electrons.